The molecule has 1 saturated carbocycles. The normalized spacial score (nSPS) is 15.2. The zero-order valence-corrected chi connectivity index (χ0v) is 10.9. The molecule has 1 aromatic carbocycles. The van der Waals surface area contributed by atoms with Gasteiger partial charge in [0, 0.05) is 17.5 Å². The van der Waals surface area contributed by atoms with Crippen LogP contribution >= 0.6 is 15.9 Å². The molecule has 0 N–H and O–H groups in total. The van der Waals surface area contributed by atoms with Gasteiger partial charge in [-0.25, -0.2) is 4.39 Å². The van der Waals surface area contributed by atoms with Gasteiger partial charge in [-0.1, -0.05) is 5.16 Å². The lowest BCUT2D eigenvalue weighted by molar-refractivity contribution is 0.386. The van der Waals surface area contributed by atoms with Crippen molar-refractivity contribution in [2.45, 2.75) is 25.7 Å². The lowest BCUT2D eigenvalue weighted by Crippen LogP contribution is -1.87. The van der Waals surface area contributed by atoms with Crippen LogP contribution < -0.4 is 0 Å². The van der Waals surface area contributed by atoms with Gasteiger partial charge in [-0.05, 0) is 53.4 Å². The van der Waals surface area contributed by atoms with Crippen LogP contribution in [0.15, 0.2) is 27.2 Å². The summed E-state index contributed by atoms with van der Waals surface area (Å²) in [6.07, 6.45) is 2.36. The molecule has 0 atom stereocenters. The van der Waals surface area contributed by atoms with Crippen LogP contribution in [-0.2, 0) is 0 Å². The Hall–Kier alpha value is -1.16. The fourth-order valence-electron chi connectivity index (χ4n) is 1.90. The minimum atomic E-state index is -0.253. The Balaban J connectivity index is 2.04. The number of hydrogen-bond acceptors (Lipinski definition) is 2. The third-order valence-corrected chi connectivity index (χ3v) is 3.66. The molecule has 1 heterocycles. The summed E-state index contributed by atoms with van der Waals surface area (Å²) in [5.41, 5.74) is 2.56. The van der Waals surface area contributed by atoms with E-state index in [1.54, 1.807) is 6.07 Å². The highest BCUT2D eigenvalue weighted by molar-refractivity contribution is 9.10. The number of nitrogens with zero attached hydrogens (tertiary/aromatic N) is 1. The third kappa shape index (κ3) is 2.02. The maximum absolute atomic E-state index is 13.3. The van der Waals surface area contributed by atoms with Crippen molar-refractivity contribution in [2.24, 2.45) is 0 Å². The average Bonchev–Trinajstić information content (AvgIpc) is 3.03. The van der Waals surface area contributed by atoms with Crippen LogP contribution in [0.2, 0.25) is 0 Å². The van der Waals surface area contributed by atoms with Crippen LogP contribution in [-0.4, -0.2) is 5.16 Å². The fraction of sp³-hybridized carbons (Fsp3) is 0.308. The smallest absolute Gasteiger partial charge is 0.140 e. The molecule has 3 rings (SSSR count). The molecule has 1 aliphatic carbocycles. The lowest BCUT2D eigenvalue weighted by atomic mass is 10.1. The van der Waals surface area contributed by atoms with E-state index in [4.69, 9.17) is 4.52 Å². The van der Waals surface area contributed by atoms with Gasteiger partial charge in [0.25, 0.3) is 0 Å². The molecule has 1 aliphatic rings. The highest BCUT2D eigenvalue weighted by Gasteiger charge is 2.28. The summed E-state index contributed by atoms with van der Waals surface area (Å²) >= 11 is 3.19. The van der Waals surface area contributed by atoms with Gasteiger partial charge < -0.3 is 4.52 Å². The van der Waals surface area contributed by atoms with Gasteiger partial charge in [-0.2, -0.15) is 0 Å². The van der Waals surface area contributed by atoms with Crippen LogP contribution in [0.4, 0.5) is 4.39 Å². The fourth-order valence-corrected chi connectivity index (χ4v) is 2.24. The molecule has 0 radical (unpaired) electrons. The van der Waals surface area contributed by atoms with Crippen LogP contribution in [0.25, 0.3) is 11.3 Å². The summed E-state index contributed by atoms with van der Waals surface area (Å²) in [6, 6.07) is 5.22. The maximum atomic E-state index is 13.3. The minimum absolute atomic E-state index is 0.253. The lowest BCUT2D eigenvalue weighted by Gasteiger charge is -2.03. The summed E-state index contributed by atoms with van der Waals surface area (Å²) < 4.78 is 19.1. The van der Waals surface area contributed by atoms with Gasteiger partial charge in [0.1, 0.15) is 17.3 Å². The van der Waals surface area contributed by atoms with Gasteiger partial charge in [-0.3, -0.25) is 0 Å². The first kappa shape index (κ1) is 11.0. The van der Waals surface area contributed by atoms with E-state index in [2.05, 4.69) is 21.1 Å². The van der Waals surface area contributed by atoms with Crippen molar-refractivity contribution in [1.29, 1.82) is 0 Å². The summed E-state index contributed by atoms with van der Waals surface area (Å²) in [5, 5.41) is 4.06. The molecule has 1 fully saturated rings. The molecule has 4 heteroatoms. The monoisotopic (exact) mass is 295 g/mol. The molecule has 2 aromatic rings. The quantitative estimate of drug-likeness (QED) is 0.819. The predicted molar refractivity (Wildman–Crippen MR) is 66.3 cm³/mol. The molecule has 0 saturated heterocycles. The van der Waals surface area contributed by atoms with E-state index in [0.29, 0.717) is 10.4 Å². The number of benzene rings is 1. The molecule has 2 nitrogen and oxygen atoms in total. The molecule has 0 spiro atoms. The van der Waals surface area contributed by atoms with Gasteiger partial charge in [0.15, 0.2) is 0 Å². The Labute approximate surface area is 107 Å². The van der Waals surface area contributed by atoms with Crippen LogP contribution in [0.3, 0.4) is 0 Å². The summed E-state index contributed by atoms with van der Waals surface area (Å²) in [5.74, 6) is 1.23. The van der Waals surface area contributed by atoms with Gasteiger partial charge in [-0.15, -0.1) is 0 Å². The van der Waals surface area contributed by atoms with Crippen molar-refractivity contribution in [3.05, 3.63) is 39.8 Å². The van der Waals surface area contributed by atoms with Crippen molar-refractivity contribution < 1.29 is 8.91 Å². The molecular formula is C13H11BrFNO. The Morgan fingerprint density at radius 2 is 2.12 bits per heavy atom. The summed E-state index contributed by atoms with van der Waals surface area (Å²) in [7, 11) is 0. The zero-order chi connectivity index (χ0) is 12.0. The average molecular weight is 296 g/mol. The number of hydrogen-bond donors (Lipinski definition) is 0. The molecule has 88 valence electrons. The second-order valence-corrected chi connectivity index (χ2v) is 5.32. The van der Waals surface area contributed by atoms with E-state index in [-0.39, 0.29) is 5.82 Å². The largest absolute Gasteiger partial charge is 0.360 e. The molecule has 0 aliphatic heterocycles. The Kier molecular flexibility index (Phi) is 2.54. The molecule has 1 aromatic heterocycles. The first-order valence-electron chi connectivity index (χ1n) is 5.58. The number of aryl methyl sites for hydroxylation is 1. The van der Waals surface area contributed by atoms with Crippen molar-refractivity contribution in [1.82, 2.24) is 5.16 Å². The van der Waals surface area contributed by atoms with Crippen molar-refractivity contribution >= 4 is 15.9 Å². The first-order valence-corrected chi connectivity index (χ1v) is 6.37. The second kappa shape index (κ2) is 3.95. The SMILES string of the molecule is Cc1cc(F)c(Br)cc1-c1cc(C2CC2)on1. The highest BCUT2D eigenvalue weighted by Crippen LogP contribution is 2.41. The molecular weight excluding hydrogens is 285 g/mol. The third-order valence-electron chi connectivity index (χ3n) is 3.05. The second-order valence-electron chi connectivity index (χ2n) is 4.47. The van der Waals surface area contributed by atoms with Crippen molar-refractivity contribution in [2.75, 3.05) is 0 Å². The van der Waals surface area contributed by atoms with Crippen LogP contribution in [0, 0.1) is 12.7 Å². The van der Waals surface area contributed by atoms with Crippen molar-refractivity contribution in [3.63, 3.8) is 0 Å². The Morgan fingerprint density at radius 3 is 2.82 bits per heavy atom. The predicted octanol–water partition coefficient (Wildman–Crippen LogP) is 4.43. The van der Waals surface area contributed by atoms with Gasteiger partial charge in [0.2, 0.25) is 0 Å². The maximum Gasteiger partial charge on any atom is 0.140 e. The zero-order valence-electron chi connectivity index (χ0n) is 9.34. The number of rotatable bonds is 2. The van der Waals surface area contributed by atoms with E-state index in [1.807, 2.05) is 13.0 Å². The molecule has 17 heavy (non-hydrogen) atoms. The Morgan fingerprint density at radius 1 is 1.35 bits per heavy atom. The highest BCUT2D eigenvalue weighted by atomic mass is 79.9. The van der Waals surface area contributed by atoms with E-state index in [1.165, 1.54) is 18.9 Å². The van der Waals surface area contributed by atoms with E-state index >= 15 is 0 Å². The van der Waals surface area contributed by atoms with E-state index < -0.39 is 0 Å². The van der Waals surface area contributed by atoms with Gasteiger partial charge in [0.05, 0.1) is 4.47 Å². The summed E-state index contributed by atoms with van der Waals surface area (Å²) in [4.78, 5) is 0. The molecule has 0 amide bonds. The van der Waals surface area contributed by atoms with Crippen LogP contribution in [0.5, 0.6) is 0 Å². The first-order chi connectivity index (χ1) is 8.15. The van der Waals surface area contributed by atoms with E-state index in [0.717, 1.165) is 22.6 Å². The molecule has 0 unspecified atom stereocenters. The minimum Gasteiger partial charge on any atom is -0.360 e. The topological polar surface area (TPSA) is 26.0 Å². The Bertz CT molecular complexity index is 575. The van der Waals surface area contributed by atoms with Crippen LogP contribution in [0.1, 0.15) is 30.1 Å². The summed E-state index contributed by atoms with van der Waals surface area (Å²) in [6.45, 7) is 1.87. The number of halogens is 2. The molecule has 0 bridgehead atoms. The standard InChI is InChI=1S/C13H11BrFNO/c1-7-4-11(15)10(14)5-9(7)12-6-13(17-16-12)8-2-3-8/h4-6,8H,2-3H2,1H3. The number of aromatic nitrogens is 1. The van der Waals surface area contributed by atoms with Crippen molar-refractivity contribution in [3.8, 4) is 11.3 Å². The van der Waals surface area contributed by atoms with Gasteiger partial charge >= 0.3 is 0 Å². The van der Waals surface area contributed by atoms with E-state index in [9.17, 15) is 4.39 Å².